The molecule has 8 heteroatoms. The van der Waals surface area contributed by atoms with E-state index in [0.29, 0.717) is 17.6 Å². The van der Waals surface area contributed by atoms with E-state index in [-0.39, 0.29) is 5.69 Å². The van der Waals surface area contributed by atoms with E-state index in [1.165, 1.54) is 19.2 Å². The molecule has 3 rings (SSSR count). The van der Waals surface area contributed by atoms with Gasteiger partial charge in [0.05, 0.1) is 29.7 Å². The third-order valence-electron chi connectivity index (χ3n) is 3.44. The van der Waals surface area contributed by atoms with Crippen LogP contribution < -0.4 is 0 Å². The number of aromatic nitrogens is 2. The van der Waals surface area contributed by atoms with Crippen LogP contribution in [0.2, 0.25) is 0 Å². The minimum absolute atomic E-state index is 0.00811. The van der Waals surface area contributed by atoms with Crippen LogP contribution in [0.5, 0.6) is 0 Å². The molecule has 0 saturated carbocycles. The van der Waals surface area contributed by atoms with Crippen LogP contribution in [0.3, 0.4) is 0 Å². The van der Waals surface area contributed by atoms with Gasteiger partial charge in [0.2, 0.25) is 0 Å². The lowest BCUT2D eigenvalue weighted by Gasteiger charge is -2.03. The van der Waals surface area contributed by atoms with E-state index in [2.05, 4.69) is 14.9 Å². The van der Waals surface area contributed by atoms with Crippen molar-refractivity contribution in [3.8, 4) is 0 Å². The fourth-order valence-corrected chi connectivity index (χ4v) is 2.31. The number of nitrogens with zero attached hydrogens (tertiary/aromatic N) is 3. The van der Waals surface area contributed by atoms with Gasteiger partial charge in [-0.1, -0.05) is 12.1 Å². The Bertz CT molecular complexity index is 902. The molecule has 0 atom stereocenters. The van der Waals surface area contributed by atoms with Crippen molar-refractivity contribution >= 4 is 22.6 Å². The van der Waals surface area contributed by atoms with Crippen molar-refractivity contribution in [3.63, 3.8) is 0 Å². The number of carbonyl (C=O) groups is 1. The summed E-state index contributed by atoms with van der Waals surface area (Å²) in [4.78, 5) is 30.6. The minimum atomic E-state index is -0.568. The molecule has 1 heterocycles. The molecule has 0 fully saturated rings. The number of fused-ring (bicyclic) bond motifs is 1. The Labute approximate surface area is 136 Å². The monoisotopic (exact) mass is 327 g/mol. The van der Waals surface area contributed by atoms with E-state index in [9.17, 15) is 14.9 Å². The van der Waals surface area contributed by atoms with Crippen LogP contribution >= 0.6 is 0 Å². The molecule has 0 aliphatic heterocycles. The van der Waals surface area contributed by atoms with Crippen molar-refractivity contribution in [2.75, 3.05) is 7.11 Å². The Hall–Kier alpha value is -3.26. The second-order valence-corrected chi connectivity index (χ2v) is 5.06. The van der Waals surface area contributed by atoms with Crippen LogP contribution in [0.15, 0.2) is 48.7 Å². The molecule has 0 amide bonds. The van der Waals surface area contributed by atoms with Crippen molar-refractivity contribution in [1.29, 1.82) is 0 Å². The van der Waals surface area contributed by atoms with E-state index in [1.54, 1.807) is 35.0 Å². The molecule has 0 N–H and O–H groups in total. The molecule has 1 aromatic heterocycles. The van der Waals surface area contributed by atoms with Crippen LogP contribution in [-0.2, 0) is 16.3 Å². The average molecular weight is 327 g/mol. The quantitative estimate of drug-likeness (QED) is 0.406. The number of benzene rings is 2. The van der Waals surface area contributed by atoms with Gasteiger partial charge in [-0.15, -0.1) is 0 Å². The molecule has 0 radical (unpaired) electrons. The summed E-state index contributed by atoms with van der Waals surface area (Å²) in [6, 6.07) is 11.4. The van der Waals surface area contributed by atoms with Gasteiger partial charge in [0.1, 0.15) is 0 Å². The van der Waals surface area contributed by atoms with Crippen molar-refractivity contribution < 1.29 is 19.5 Å². The van der Waals surface area contributed by atoms with E-state index in [0.717, 1.165) is 10.9 Å². The first-order valence-electron chi connectivity index (χ1n) is 7.02. The van der Waals surface area contributed by atoms with Gasteiger partial charge in [-0.05, 0) is 23.8 Å². The molecule has 8 nitrogen and oxygen atoms in total. The average Bonchev–Trinajstić information content (AvgIpc) is 2.97. The number of hydrogen-bond donors (Lipinski definition) is 0. The van der Waals surface area contributed by atoms with E-state index < -0.39 is 10.9 Å². The highest BCUT2D eigenvalue weighted by atomic mass is 17.2. The maximum Gasteiger partial charge on any atom is 0.373 e. The normalized spacial score (nSPS) is 10.7. The molecular weight excluding hydrogens is 314 g/mol. The number of nitro benzene ring substituents is 1. The Kier molecular flexibility index (Phi) is 4.21. The highest BCUT2D eigenvalue weighted by molar-refractivity contribution is 5.88. The molecular formula is C16H13N3O5. The lowest BCUT2D eigenvalue weighted by atomic mass is 10.1. The number of non-ortho nitro benzene ring substituents is 1. The zero-order valence-electron chi connectivity index (χ0n) is 12.7. The van der Waals surface area contributed by atoms with Gasteiger partial charge in [-0.2, -0.15) is 9.99 Å². The lowest BCUT2D eigenvalue weighted by molar-refractivity contribution is -0.384. The fraction of sp³-hybridized carbons (Fsp3) is 0.125. The molecule has 0 unspecified atom stereocenters. The summed E-state index contributed by atoms with van der Waals surface area (Å²) in [5.41, 5.74) is 1.87. The van der Waals surface area contributed by atoms with E-state index in [1.807, 2.05) is 6.20 Å². The number of nitro groups is 1. The number of carbonyl (C=O) groups excluding carboxylic acids is 1. The Morgan fingerprint density at radius 3 is 2.67 bits per heavy atom. The minimum Gasteiger partial charge on any atom is -0.293 e. The fourth-order valence-electron chi connectivity index (χ4n) is 2.31. The molecule has 0 aliphatic carbocycles. The Morgan fingerprint density at radius 1 is 1.25 bits per heavy atom. The zero-order chi connectivity index (χ0) is 17.1. The first kappa shape index (κ1) is 15.6. The topological polar surface area (TPSA) is 96.5 Å². The molecule has 2 aromatic carbocycles. The highest BCUT2D eigenvalue weighted by Gasteiger charge is 2.10. The largest absolute Gasteiger partial charge is 0.373 e. The number of rotatable bonds is 5. The van der Waals surface area contributed by atoms with Crippen molar-refractivity contribution in [2.45, 2.75) is 6.54 Å². The first-order chi connectivity index (χ1) is 11.6. The number of hydrogen-bond acceptors (Lipinski definition) is 6. The Morgan fingerprint density at radius 2 is 2.00 bits per heavy atom. The predicted octanol–water partition coefficient (Wildman–Crippen LogP) is 2.71. The van der Waals surface area contributed by atoms with Gasteiger partial charge in [0.15, 0.2) is 0 Å². The molecule has 122 valence electrons. The molecule has 0 spiro atoms. The summed E-state index contributed by atoms with van der Waals surface area (Å²) in [7, 11) is 1.26. The third kappa shape index (κ3) is 3.23. The van der Waals surface area contributed by atoms with Crippen LogP contribution in [-0.4, -0.2) is 27.8 Å². The Balaban J connectivity index is 1.79. The van der Waals surface area contributed by atoms with Crippen LogP contribution in [0.1, 0.15) is 15.9 Å². The lowest BCUT2D eigenvalue weighted by Crippen LogP contribution is -2.05. The van der Waals surface area contributed by atoms with Gasteiger partial charge in [0, 0.05) is 23.7 Å². The van der Waals surface area contributed by atoms with Crippen LogP contribution in [0, 0.1) is 10.1 Å². The predicted molar refractivity (Wildman–Crippen MR) is 84.4 cm³/mol. The third-order valence-corrected chi connectivity index (χ3v) is 3.44. The summed E-state index contributed by atoms with van der Waals surface area (Å²) >= 11 is 0. The van der Waals surface area contributed by atoms with Crippen LogP contribution in [0.4, 0.5) is 5.69 Å². The van der Waals surface area contributed by atoms with Crippen LogP contribution in [0.25, 0.3) is 10.9 Å². The summed E-state index contributed by atoms with van der Waals surface area (Å²) in [6.07, 6.45) is 1.81. The summed E-state index contributed by atoms with van der Waals surface area (Å²) < 4.78 is 1.69. The van der Waals surface area contributed by atoms with Gasteiger partial charge in [0.25, 0.3) is 5.69 Å². The molecule has 0 bridgehead atoms. The van der Waals surface area contributed by atoms with Gasteiger partial charge >= 0.3 is 5.97 Å². The summed E-state index contributed by atoms with van der Waals surface area (Å²) in [5.74, 6) is -0.568. The van der Waals surface area contributed by atoms with Crippen molar-refractivity contribution in [2.24, 2.45) is 0 Å². The molecule has 24 heavy (non-hydrogen) atoms. The van der Waals surface area contributed by atoms with E-state index >= 15 is 0 Å². The summed E-state index contributed by atoms with van der Waals surface area (Å²) in [6.45, 7) is 0.474. The second-order valence-electron chi connectivity index (χ2n) is 5.06. The van der Waals surface area contributed by atoms with Gasteiger partial charge in [-0.25, -0.2) is 4.79 Å². The summed E-state index contributed by atoms with van der Waals surface area (Å²) in [5, 5.41) is 16.0. The van der Waals surface area contributed by atoms with Crippen molar-refractivity contribution in [3.05, 3.63) is 69.9 Å². The van der Waals surface area contributed by atoms with Gasteiger partial charge in [-0.3, -0.25) is 19.7 Å². The van der Waals surface area contributed by atoms with Gasteiger partial charge < -0.3 is 0 Å². The smallest absolute Gasteiger partial charge is 0.293 e. The standard InChI is InChI=1S/C16H13N3O5/c1-23-24-16(20)12-4-2-11(3-5-12)9-18-10-13-6-7-14(19(21)22)8-15(13)17-18/h2-8,10H,9H2,1H3. The second kappa shape index (κ2) is 6.47. The molecule has 0 saturated heterocycles. The SMILES string of the molecule is COOC(=O)c1ccc(Cn2cc3ccc([N+](=O)[O-])cc3n2)cc1. The maximum absolute atomic E-state index is 11.5. The van der Waals surface area contributed by atoms with E-state index in [4.69, 9.17) is 0 Å². The first-order valence-corrected chi connectivity index (χ1v) is 7.02. The maximum atomic E-state index is 11.5. The van der Waals surface area contributed by atoms with Crippen molar-refractivity contribution in [1.82, 2.24) is 9.78 Å². The highest BCUT2D eigenvalue weighted by Crippen LogP contribution is 2.20. The zero-order valence-corrected chi connectivity index (χ0v) is 12.7. The molecule has 0 aliphatic rings. The molecule has 3 aromatic rings.